The minimum absolute atomic E-state index is 0.288. The first-order chi connectivity index (χ1) is 18.4. The van der Waals surface area contributed by atoms with Crippen molar-refractivity contribution in [1.29, 1.82) is 0 Å². The third-order valence-electron chi connectivity index (χ3n) is 6.84. The van der Waals surface area contributed by atoms with Crippen molar-refractivity contribution in [3.05, 3.63) is 144 Å². The quantitative estimate of drug-likeness (QED) is 0.195. The van der Waals surface area contributed by atoms with Crippen LogP contribution >= 0.6 is 0 Å². The number of aromatic nitrogens is 1. The van der Waals surface area contributed by atoms with Gasteiger partial charge in [0, 0.05) is 24.2 Å². The monoisotopic (exact) mass is 517 g/mol. The minimum atomic E-state index is -3.89. The molecule has 0 fully saturated rings. The Morgan fingerprint density at radius 2 is 1.26 bits per heavy atom. The molecule has 1 heterocycles. The van der Waals surface area contributed by atoms with Crippen LogP contribution in [0.15, 0.2) is 132 Å². The van der Waals surface area contributed by atoms with Gasteiger partial charge < -0.3 is 4.57 Å². The molecule has 5 rings (SSSR count). The number of hydrogen-bond acceptors (Lipinski definition) is 2. The summed E-state index contributed by atoms with van der Waals surface area (Å²) >= 11 is 0. The van der Waals surface area contributed by atoms with Gasteiger partial charge in [-0.25, -0.2) is 8.42 Å². The van der Waals surface area contributed by atoms with E-state index in [0.29, 0.717) is 23.6 Å². The highest BCUT2D eigenvalue weighted by Crippen LogP contribution is 2.44. The van der Waals surface area contributed by atoms with E-state index in [0.717, 1.165) is 39.1 Å². The molecule has 0 atom stereocenters. The van der Waals surface area contributed by atoms with E-state index < -0.39 is 9.84 Å². The van der Waals surface area contributed by atoms with Gasteiger partial charge in [-0.05, 0) is 42.7 Å². The fraction of sp³-hybridized carbons (Fsp3) is 0.118. The van der Waals surface area contributed by atoms with Crippen LogP contribution in [0.25, 0.3) is 22.4 Å². The minimum Gasteiger partial charge on any atom is -0.339 e. The molecular formula is C34H31NO2S. The van der Waals surface area contributed by atoms with Crippen molar-refractivity contribution in [2.45, 2.75) is 36.6 Å². The van der Waals surface area contributed by atoms with Crippen molar-refractivity contribution in [3.8, 4) is 22.4 Å². The standard InChI is InChI=1S/C34H31NO2S/c1-4-23-35-31(24-27-11-7-5-8-12-27)32(28-13-9-6-10-14-28)34(33(35)29-19-15-25(2)16-20-29)38(36,37)30-21-17-26(3)18-22-30/h4-22H,1,23-24H2,2-3H3. The lowest BCUT2D eigenvalue weighted by Gasteiger charge is -2.14. The molecule has 0 radical (unpaired) electrons. The molecule has 0 saturated heterocycles. The van der Waals surface area contributed by atoms with Gasteiger partial charge in [0.25, 0.3) is 0 Å². The van der Waals surface area contributed by atoms with Crippen molar-refractivity contribution < 1.29 is 8.42 Å². The Kier molecular flexibility index (Phi) is 7.17. The molecule has 0 aliphatic carbocycles. The van der Waals surface area contributed by atoms with Crippen LogP contribution in [0.1, 0.15) is 22.4 Å². The topological polar surface area (TPSA) is 39.1 Å². The van der Waals surface area contributed by atoms with E-state index in [1.807, 2.05) is 105 Å². The maximum Gasteiger partial charge on any atom is 0.209 e. The molecular weight excluding hydrogens is 486 g/mol. The summed E-state index contributed by atoms with van der Waals surface area (Å²) in [6, 6.07) is 35.3. The molecule has 0 aliphatic rings. The van der Waals surface area contributed by atoms with Crippen LogP contribution in [-0.4, -0.2) is 13.0 Å². The van der Waals surface area contributed by atoms with Crippen LogP contribution < -0.4 is 0 Å². The van der Waals surface area contributed by atoms with E-state index in [-0.39, 0.29) is 4.90 Å². The maximum absolute atomic E-state index is 14.6. The highest BCUT2D eigenvalue weighted by molar-refractivity contribution is 7.91. The molecule has 4 heteroatoms. The van der Waals surface area contributed by atoms with Gasteiger partial charge in [-0.3, -0.25) is 0 Å². The molecule has 0 amide bonds. The van der Waals surface area contributed by atoms with Gasteiger partial charge in [0.15, 0.2) is 0 Å². The number of hydrogen-bond donors (Lipinski definition) is 0. The van der Waals surface area contributed by atoms with Crippen molar-refractivity contribution in [1.82, 2.24) is 4.57 Å². The second kappa shape index (κ2) is 10.7. The molecule has 5 aromatic rings. The van der Waals surface area contributed by atoms with Crippen molar-refractivity contribution in [2.75, 3.05) is 0 Å². The lowest BCUT2D eigenvalue weighted by Crippen LogP contribution is -2.07. The van der Waals surface area contributed by atoms with Gasteiger partial charge in [0.1, 0.15) is 4.90 Å². The molecule has 0 aliphatic heterocycles. The average molecular weight is 518 g/mol. The van der Waals surface area contributed by atoms with E-state index in [1.165, 1.54) is 0 Å². The Hall–Kier alpha value is -4.15. The number of aryl methyl sites for hydroxylation is 2. The lowest BCUT2D eigenvalue weighted by atomic mass is 10.0. The number of sulfone groups is 1. The summed E-state index contributed by atoms with van der Waals surface area (Å²) in [6.07, 6.45) is 2.42. The third kappa shape index (κ3) is 4.88. The number of rotatable bonds is 8. The number of nitrogens with zero attached hydrogens (tertiary/aromatic N) is 1. The van der Waals surface area contributed by atoms with Crippen LogP contribution in [0, 0.1) is 13.8 Å². The fourth-order valence-electron chi connectivity index (χ4n) is 4.94. The Labute approximate surface area is 225 Å². The van der Waals surface area contributed by atoms with Crippen LogP contribution in [0.5, 0.6) is 0 Å². The zero-order chi connectivity index (χ0) is 26.7. The summed E-state index contributed by atoms with van der Waals surface area (Å²) in [4.78, 5) is 0.625. The Morgan fingerprint density at radius 3 is 1.84 bits per heavy atom. The highest BCUT2D eigenvalue weighted by atomic mass is 32.2. The molecule has 0 N–H and O–H groups in total. The second-order valence-electron chi connectivity index (χ2n) is 9.61. The fourth-order valence-corrected chi connectivity index (χ4v) is 6.66. The third-order valence-corrected chi connectivity index (χ3v) is 8.67. The summed E-state index contributed by atoms with van der Waals surface area (Å²) in [6.45, 7) is 8.50. The van der Waals surface area contributed by atoms with Gasteiger partial charge >= 0.3 is 0 Å². The van der Waals surface area contributed by atoms with Crippen LogP contribution in [-0.2, 0) is 22.8 Å². The zero-order valence-electron chi connectivity index (χ0n) is 21.8. The van der Waals surface area contributed by atoms with E-state index in [4.69, 9.17) is 0 Å². The summed E-state index contributed by atoms with van der Waals surface area (Å²) in [5.74, 6) is 0. The molecule has 190 valence electrons. The van der Waals surface area contributed by atoms with Crippen molar-refractivity contribution in [2.24, 2.45) is 0 Å². The maximum atomic E-state index is 14.6. The van der Waals surface area contributed by atoms with E-state index in [2.05, 4.69) is 23.3 Å². The molecule has 4 aromatic carbocycles. The molecule has 38 heavy (non-hydrogen) atoms. The van der Waals surface area contributed by atoms with Gasteiger partial charge in [-0.2, -0.15) is 0 Å². The number of allylic oxidation sites excluding steroid dienone is 1. The van der Waals surface area contributed by atoms with E-state index in [1.54, 1.807) is 12.1 Å². The first kappa shape index (κ1) is 25.5. The predicted molar refractivity (Wildman–Crippen MR) is 156 cm³/mol. The molecule has 0 spiro atoms. The largest absolute Gasteiger partial charge is 0.339 e. The molecule has 0 saturated carbocycles. The zero-order valence-corrected chi connectivity index (χ0v) is 22.6. The molecule has 0 unspecified atom stereocenters. The van der Waals surface area contributed by atoms with Crippen LogP contribution in [0.4, 0.5) is 0 Å². The lowest BCUT2D eigenvalue weighted by molar-refractivity contribution is 0.596. The van der Waals surface area contributed by atoms with E-state index >= 15 is 0 Å². The Bertz CT molecular complexity index is 1660. The molecule has 3 nitrogen and oxygen atoms in total. The van der Waals surface area contributed by atoms with Gasteiger partial charge in [-0.1, -0.05) is 114 Å². The smallest absolute Gasteiger partial charge is 0.209 e. The summed E-state index contributed by atoms with van der Waals surface area (Å²) < 4.78 is 31.3. The average Bonchev–Trinajstić information content (AvgIpc) is 3.25. The van der Waals surface area contributed by atoms with Gasteiger partial charge in [0.2, 0.25) is 9.84 Å². The molecule has 1 aromatic heterocycles. The first-order valence-corrected chi connectivity index (χ1v) is 14.2. The van der Waals surface area contributed by atoms with Crippen LogP contribution in [0.2, 0.25) is 0 Å². The van der Waals surface area contributed by atoms with Crippen molar-refractivity contribution in [3.63, 3.8) is 0 Å². The summed E-state index contributed by atoms with van der Waals surface area (Å²) in [7, 11) is -3.89. The second-order valence-corrected chi connectivity index (χ2v) is 11.5. The predicted octanol–water partition coefficient (Wildman–Crippen LogP) is 8.05. The molecule has 0 bridgehead atoms. The Balaban J connectivity index is 1.93. The summed E-state index contributed by atoms with van der Waals surface area (Å²) in [5, 5.41) is 0. The van der Waals surface area contributed by atoms with Crippen LogP contribution in [0.3, 0.4) is 0 Å². The van der Waals surface area contributed by atoms with Gasteiger partial charge in [-0.15, -0.1) is 6.58 Å². The Morgan fingerprint density at radius 1 is 0.711 bits per heavy atom. The first-order valence-electron chi connectivity index (χ1n) is 12.7. The van der Waals surface area contributed by atoms with Crippen molar-refractivity contribution >= 4 is 9.84 Å². The highest BCUT2D eigenvalue weighted by Gasteiger charge is 2.33. The number of benzene rings is 4. The normalized spacial score (nSPS) is 11.4. The van der Waals surface area contributed by atoms with Gasteiger partial charge in [0.05, 0.1) is 10.6 Å². The van der Waals surface area contributed by atoms with E-state index in [9.17, 15) is 8.42 Å². The SMILES string of the molecule is C=CCn1c(Cc2ccccc2)c(-c2ccccc2)c(S(=O)(=O)c2ccc(C)cc2)c1-c1ccc(C)cc1. The summed E-state index contributed by atoms with van der Waals surface area (Å²) in [5.41, 5.74) is 7.36.